The number of nitrogens with one attached hydrogen (secondary N) is 1. The molecule has 2 aliphatic heterocycles. The number of nitro groups is 1. The van der Waals surface area contributed by atoms with Gasteiger partial charge in [0.25, 0.3) is 11.6 Å². The van der Waals surface area contributed by atoms with Gasteiger partial charge >= 0.3 is 0 Å². The Balaban J connectivity index is 2.49. The highest BCUT2D eigenvalue weighted by Crippen LogP contribution is 2.21. The van der Waals surface area contributed by atoms with Crippen LogP contribution in [0.1, 0.15) is 0 Å². The molecule has 2 rings (SSSR count). The molecule has 0 aromatic carbocycles. The Hall–Kier alpha value is -1.98. The lowest BCUT2D eigenvalue weighted by molar-refractivity contribution is -0.414. The Labute approximate surface area is 72.8 Å². The van der Waals surface area contributed by atoms with Crippen LogP contribution in [0.4, 0.5) is 0 Å². The number of aliphatic imine (C=N–C) groups is 1. The third-order valence-corrected chi connectivity index (χ3v) is 1.87. The maximum atomic E-state index is 11.1. The van der Waals surface area contributed by atoms with Gasteiger partial charge in [0.1, 0.15) is 6.21 Å². The molecule has 1 atom stereocenters. The zero-order chi connectivity index (χ0) is 9.42. The molecule has 13 heavy (non-hydrogen) atoms. The molecule has 66 valence electrons. The van der Waals surface area contributed by atoms with Crippen LogP contribution < -0.4 is 5.32 Å². The van der Waals surface area contributed by atoms with Crippen LogP contribution in [-0.2, 0) is 4.79 Å². The average Bonchev–Trinajstić information content (AvgIpc) is 2.48. The second-order valence-corrected chi connectivity index (χ2v) is 2.62. The number of carbonyl (C=O) groups excluding carboxylic acids is 1. The first-order valence-corrected chi connectivity index (χ1v) is 3.59. The lowest BCUT2D eigenvalue weighted by atomic mass is 10.1. The molecule has 0 fully saturated rings. The fraction of sp³-hybridized carbons (Fsp3) is 0.143. The van der Waals surface area contributed by atoms with Crippen molar-refractivity contribution < 1.29 is 9.72 Å². The van der Waals surface area contributed by atoms with Crippen LogP contribution in [0, 0.1) is 10.1 Å². The topological polar surface area (TPSA) is 84.6 Å². The van der Waals surface area contributed by atoms with E-state index in [1.54, 1.807) is 0 Å². The van der Waals surface area contributed by atoms with Crippen molar-refractivity contribution in [3.8, 4) is 0 Å². The number of hydrogen-bond acceptors (Lipinski definition) is 4. The molecule has 0 radical (unpaired) electrons. The summed E-state index contributed by atoms with van der Waals surface area (Å²) in [7, 11) is 0. The average molecular weight is 179 g/mol. The number of rotatable bonds is 1. The molecule has 6 heteroatoms. The number of hydrogen-bond donors (Lipinski definition) is 1. The van der Waals surface area contributed by atoms with E-state index in [-0.39, 0.29) is 11.6 Å². The van der Waals surface area contributed by atoms with Crippen LogP contribution in [0.25, 0.3) is 0 Å². The van der Waals surface area contributed by atoms with E-state index in [0.717, 1.165) is 6.21 Å². The van der Waals surface area contributed by atoms with Gasteiger partial charge in [-0.25, -0.2) is 0 Å². The summed E-state index contributed by atoms with van der Waals surface area (Å²) in [5, 5.41) is 12.9. The summed E-state index contributed by atoms with van der Waals surface area (Å²) in [4.78, 5) is 24.8. The van der Waals surface area contributed by atoms with Crippen LogP contribution >= 0.6 is 0 Å². The van der Waals surface area contributed by atoms with Gasteiger partial charge in [-0.3, -0.25) is 19.9 Å². The van der Waals surface area contributed by atoms with Gasteiger partial charge in [0.05, 0.1) is 10.5 Å². The van der Waals surface area contributed by atoms with Crippen molar-refractivity contribution in [1.29, 1.82) is 0 Å². The highest BCUT2D eigenvalue weighted by atomic mass is 16.6. The molecule has 0 aromatic rings. The van der Waals surface area contributed by atoms with Gasteiger partial charge in [-0.05, 0) is 6.08 Å². The van der Waals surface area contributed by atoms with Crippen molar-refractivity contribution in [3.05, 3.63) is 33.7 Å². The van der Waals surface area contributed by atoms with Gasteiger partial charge < -0.3 is 5.32 Å². The lowest BCUT2D eigenvalue weighted by Crippen LogP contribution is -2.33. The van der Waals surface area contributed by atoms with Gasteiger partial charge in [0.2, 0.25) is 0 Å². The zero-order valence-electron chi connectivity index (χ0n) is 6.43. The molecule has 0 bridgehead atoms. The van der Waals surface area contributed by atoms with Crippen LogP contribution in [0.15, 0.2) is 28.5 Å². The minimum Gasteiger partial charge on any atom is -0.330 e. The SMILES string of the molecule is O=C1NC=CC2=C([N+](=O)[O-])C=NC12. The first-order chi connectivity index (χ1) is 6.20. The first kappa shape index (κ1) is 7.66. The monoisotopic (exact) mass is 179 g/mol. The largest absolute Gasteiger partial charge is 0.330 e. The van der Waals surface area contributed by atoms with Crippen LogP contribution in [-0.4, -0.2) is 23.1 Å². The van der Waals surface area contributed by atoms with E-state index < -0.39 is 11.0 Å². The molecule has 2 aliphatic rings. The molecular formula is C7H5N3O3. The van der Waals surface area contributed by atoms with Crippen molar-refractivity contribution >= 4 is 12.1 Å². The fourth-order valence-corrected chi connectivity index (χ4v) is 1.27. The maximum absolute atomic E-state index is 11.1. The van der Waals surface area contributed by atoms with Crippen molar-refractivity contribution in [2.75, 3.05) is 0 Å². The fourth-order valence-electron chi connectivity index (χ4n) is 1.27. The van der Waals surface area contributed by atoms with Crippen molar-refractivity contribution in [1.82, 2.24) is 5.32 Å². The summed E-state index contributed by atoms with van der Waals surface area (Å²) in [5.41, 5.74) is 0.254. The van der Waals surface area contributed by atoms with Crippen molar-refractivity contribution in [2.24, 2.45) is 4.99 Å². The van der Waals surface area contributed by atoms with E-state index in [1.807, 2.05) is 0 Å². The molecule has 1 unspecified atom stereocenters. The van der Waals surface area contributed by atoms with E-state index in [0.29, 0.717) is 5.57 Å². The Bertz CT molecular complexity index is 380. The summed E-state index contributed by atoms with van der Waals surface area (Å²) in [6, 6.07) is -0.731. The van der Waals surface area contributed by atoms with E-state index in [9.17, 15) is 14.9 Å². The van der Waals surface area contributed by atoms with Crippen LogP contribution in [0.5, 0.6) is 0 Å². The van der Waals surface area contributed by atoms with Crippen molar-refractivity contribution in [2.45, 2.75) is 6.04 Å². The second-order valence-electron chi connectivity index (χ2n) is 2.62. The minimum atomic E-state index is -0.731. The number of allylic oxidation sites excluding steroid dienone is 1. The standard InChI is InChI=1S/C7H5N3O3/c11-7-6-4(1-2-8-7)5(3-9-6)10(12)13/h1-3,6H,(H,8,11). The van der Waals surface area contributed by atoms with Gasteiger partial charge in [-0.1, -0.05) is 0 Å². The summed E-state index contributed by atoms with van der Waals surface area (Å²) < 4.78 is 0. The summed E-state index contributed by atoms with van der Waals surface area (Å²) >= 11 is 0. The summed E-state index contributed by atoms with van der Waals surface area (Å²) in [6.45, 7) is 0. The molecule has 0 aliphatic carbocycles. The molecule has 0 saturated heterocycles. The first-order valence-electron chi connectivity index (χ1n) is 3.59. The molecule has 0 spiro atoms. The number of amides is 1. The van der Waals surface area contributed by atoms with Crippen LogP contribution in [0.2, 0.25) is 0 Å². The minimum absolute atomic E-state index is 0.101. The van der Waals surface area contributed by atoms with E-state index in [4.69, 9.17) is 0 Å². The maximum Gasteiger partial charge on any atom is 0.293 e. The zero-order valence-corrected chi connectivity index (χ0v) is 6.43. The predicted octanol–water partition coefficient (Wildman–Crippen LogP) is -0.386. The van der Waals surface area contributed by atoms with Gasteiger partial charge in [-0.15, -0.1) is 0 Å². The van der Waals surface area contributed by atoms with E-state index in [2.05, 4.69) is 10.3 Å². The normalized spacial score (nSPS) is 24.6. The Morgan fingerprint density at radius 1 is 1.62 bits per heavy atom. The molecule has 0 saturated carbocycles. The lowest BCUT2D eigenvalue weighted by Gasteiger charge is -2.11. The quantitative estimate of drug-likeness (QED) is 0.439. The third-order valence-electron chi connectivity index (χ3n) is 1.87. The molecule has 0 aromatic heterocycles. The number of nitrogens with zero attached hydrogens (tertiary/aromatic N) is 2. The second kappa shape index (κ2) is 2.51. The Morgan fingerprint density at radius 2 is 2.38 bits per heavy atom. The van der Waals surface area contributed by atoms with Gasteiger partial charge in [0, 0.05) is 6.20 Å². The van der Waals surface area contributed by atoms with Crippen molar-refractivity contribution in [3.63, 3.8) is 0 Å². The summed E-state index contributed by atoms with van der Waals surface area (Å²) in [6.07, 6.45) is 4.00. The van der Waals surface area contributed by atoms with Gasteiger partial charge in [0.15, 0.2) is 6.04 Å². The molecular weight excluding hydrogens is 174 g/mol. The highest BCUT2D eigenvalue weighted by Gasteiger charge is 2.34. The third kappa shape index (κ3) is 1.03. The number of carbonyl (C=O) groups is 1. The van der Waals surface area contributed by atoms with E-state index in [1.165, 1.54) is 12.3 Å². The molecule has 6 nitrogen and oxygen atoms in total. The highest BCUT2D eigenvalue weighted by molar-refractivity contribution is 5.96. The predicted molar refractivity (Wildman–Crippen MR) is 43.6 cm³/mol. The molecule has 2 heterocycles. The molecule has 1 amide bonds. The Morgan fingerprint density at radius 3 is 3.08 bits per heavy atom. The van der Waals surface area contributed by atoms with E-state index >= 15 is 0 Å². The van der Waals surface area contributed by atoms with Crippen LogP contribution in [0.3, 0.4) is 0 Å². The smallest absolute Gasteiger partial charge is 0.293 e. The summed E-state index contributed by atoms with van der Waals surface area (Å²) in [5.74, 6) is -0.328. The van der Waals surface area contributed by atoms with Gasteiger partial charge in [-0.2, -0.15) is 0 Å². The number of fused-ring (bicyclic) bond motifs is 1. The molecule has 1 N–H and O–H groups in total. The Kier molecular flexibility index (Phi) is 1.48.